The van der Waals surface area contributed by atoms with Crippen LogP contribution in [0, 0.1) is 0 Å². The van der Waals surface area contributed by atoms with Crippen LogP contribution in [0.2, 0.25) is 0 Å². The van der Waals surface area contributed by atoms with Crippen LogP contribution in [0.3, 0.4) is 0 Å². The van der Waals surface area contributed by atoms with Gasteiger partial charge >= 0.3 is 0 Å². The second kappa shape index (κ2) is 6.31. The van der Waals surface area contributed by atoms with Gasteiger partial charge in [0.05, 0.1) is 12.6 Å². The van der Waals surface area contributed by atoms with Crippen LogP contribution in [0.25, 0.3) is 0 Å². The van der Waals surface area contributed by atoms with E-state index in [2.05, 4.69) is 5.38 Å². The molecular formula is C13H20N2O2S. The normalized spacial score (nSPS) is 20.9. The third-order valence-electron chi connectivity index (χ3n) is 3.27. The first-order valence-electron chi connectivity index (χ1n) is 6.30. The summed E-state index contributed by atoms with van der Waals surface area (Å²) in [6, 6.07) is 2.04. The standard InChI is InChI=1S/C13H20N2O2S/c1-14(7-11-4-6-18-10-11)13(17)9-15-5-2-3-12(16)8-15/h4,6,10,12,16H,2-3,5,7-9H2,1H3/t12-/m0/s1. The topological polar surface area (TPSA) is 43.8 Å². The molecule has 0 aromatic carbocycles. The minimum absolute atomic E-state index is 0.121. The van der Waals surface area contributed by atoms with Gasteiger partial charge in [0, 0.05) is 20.1 Å². The van der Waals surface area contributed by atoms with E-state index in [0.29, 0.717) is 19.6 Å². The van der Waals surface area contributed by atoms with E-state index < -0.39 is 0 Å². The smallest absolute Gasteiger partial charge is 0.236 e. The Hall–Kier alpha value is -0.910. The average molecular weight is 268 g/mol. The van der Waals surface area contributed by atoms with Gasteiger partial charge in [-0.15, -0.1) is 0 Å². The van der Waals surface area contributed by atoms with E-state index in [1.807, 2.05) is 23.4 Å². The second-order valence-electron chi connectivity index (χ2n) is 4.91. The molecule has 1 amide bonds. The molecule has 0 saturated carbocycles. The summed E-state index contributed by atoms with van der Waals surface area (Å²) in [5.74, 6) is 0.121. The first-order chi connectivity index (χ1) is 8.65. The fourth-order valence-corrected chi connectivity index (χ4v) is 2.89. The van der Waals surface area contributed by atoms with Crippen molar-refractivity contribution in [2.75, 3.05) is 26.7 Å². The van der Waals surface area contributed by atoms with E-state index >= 15 is 0 Å². The summed E-state index contributed by atoms with van der Waals surface area (Å²) >= 11 is 1.65. The largest absolute Gasteiger partial charge is 0.392 e. The Kier molecular flexibility index (Phi) is 4.74. The Morgan fingerprint density at radius 1 is 1.67 bits per heavy atom. The van der Waals surface area contributed by atoms with E-state index in [4.69, 9.17) is 0 Å². The summed E-state index contributed by atoms with van der Waals surface area (Å²) in [4.78, 5) is 15.8. The van der Waals surface area contributed by atoms with Crippen molar-refractivity contribution in [1.82, 2.24) is 9.80 Å². The monoisotopic (exact) mass is 268 g/mol. The molecule has 18 heavy (non-hydrogen) atoms. The van der Waals surface area contributed by atoms with Crippen LogP contribution in [0.5, 0.6) is 0 Å². The fraction of sp³-hybridized carbons (Fsp3) is 0.615. The van der Waals surface area contributed by atoms with Gasteiger partial charge in [-0.3, -0.25) is 9.69 Å². The molecule has 1 aliphatic rings. The molecule has 2 rings (SSSR count). The summed E-state index contributed by atoms with van der Waals surface area (Å²) in [5, 5.41) is 13.7. The number of likely N-dealkylation sites (tertiary alicyclic amines) is 1. The van der Waals surface area contributed by atoms with Crippen molar-refractivity contribution in [3.8, 4) is 0 Å². The number of amides is 1. The highest BCUT2D eigenvalue weighted by Gasteiger charge is 2.21. The highest BCUT2D eigenvalue weighted by Crippen LogP contribution is 2.11. The lowest BCUT2D eigenvalue weighted by atomic mass is 10.1. The maximum atomic E-state index is 12.1. The molecule has 4 nitrogen and oxygen atoms in total. The van der Waals surface area contributed by atoms with E-state index in [1.165, 1.54) is 5.56 Å². The van der Waals surface area contributed by atoms with Crippen molar-refractivity contribution < 1.29 is 9.90 Å². The second-order valence-corrected chi connectivity index (χ2v) is 5.69. The van der Waals surface area contributed by atoms with Crippen LogP contribution < -0.4 is 0 Å². The lowest BCUT2D eigenvalue weighted by molar-refractivity contribution is -0.132. The predicted molar refractivity (Wildman–Crippen MR) is 72.5 cm³/mol. The van der Waals surface area contributed by atoms with E-state index in [1.54, 1.807) is 16.2 Å². The Labute approximate surface area is 112 Å². The van der Waals surface area contributed by atoms with Crippen LogP contribution in [-0.4, -0.2) is 53.6 Å². The zero-order chi connectivity index (χ0) is 13.0. The number of carbonyl (C=O) groups excluding carboxylic acids is 1. The molecule has 1 N–H and O–H groups in total. The molecular weight excluding hydrogens is 248 g/mol. The molecule has 100 valence electrons. The quantitative estimate of drug-likeness (QED) is 0.891. The average Bonchev–Trinajstić information content (AvgIpc) is 2.81. The molecule has 0 bridgehead atoms. The third-order valence-corrected chi connectivity index (χ3v) is 4.00. The zero-order valence-corrected chi connectivity index (χ0v) is 11.5. The number of likely N-dealkylation sites (N-methyl/N-ethyl adjacent to an activating group) is 1. The molecule has 0 aliphatic carbocycles. The lowest BCUT2D eigenvalue weighted by Crippen LogP contribution is -2.44. The van der Waals surface area contributed by atoms with Gasteiger partial charge in [0.25, 0.3) is 0 Å². The summed E-state index contributed by atoms with van der Waals surface area (Å²) in [5.41, 5.74) is 1.18. The summed E-state index contributed by atoms with van der Waals surface area (Å²) in [7, 11) is 1.83. The SMILES string of the molecule is CN(Cc1ccsc1)C(=O)CN1CCC[C@H](O)C1. The van der Waals surface area contributed by atoms with Gasteiger partial charge in [-0.1, -0.05) is 0 Å². The number of β-amino-alcohol motifs (C(OH)–C–C–N with tert-alkyl or cyclic N) is 1. The Morgan fingerprint density at radius 3 is 3.17 bits per heavy atom. The molecule has 1 saturated heterocycles. The summed E-state index contributed by atoms with van der Waals surface area (Å²) < 4.78 is 0. The van der Waals surface area contributed by atoms with Crippen molar-refractivity contribution in [2.45, 2.75) is 25.5 Å². The minimum atomic E-state index is -0.270. The predicted octanol–water partition coefficient (Wildman–Crippen LogP) is 1.16. The van der Waals surface area contributed by atoms with Gasteiger partial charge in [0.2, 0.25) is 5.91 Å². The number of thiophene rings is 1. The molecule has 1 atom stereocenters. The van der Waals surface area contributed by atoms with E-state index in [0.717, 1.165) is 19.4 Å². The Balaban J connectivity index is 1.79. The first kappa shape index (κ1) is 13.5. The van der Waals surface area contributed by atoms with Gasteiger partial charge in [0.1, 0.15) is 0 Å². The first-order valence-corrected chi connectivity index (χ1v) is 7.25. The number of aliphatic hydroxyl groups excluding tert-OH is 1. The summed E-state index contributed by atoms with van der Waals surface area (Å²) in [6.45, 7) is 2.61. The van der Waals surface area contributed by atoms with Gasteiger partial charge < -0.3 is 10.0 Å². The molecule has 0 unspecified atom stereocenters. The molecule has 1 aromatic rings. The van der Waals surface area contributed by atoms with Crippen molar-refractivity contribution in [3.05, 3.63) is 22.4 Å². The Bertz CT molecular complexity index is 380. The number of piperidine rings is 1. The Morgan fingerprint density at radius 2 is 2.50 bits per heavy atom. The maximum absolute atomic E-state index is 12.1. The van der Waals surface area contributed by atoms with Crippen molar-refractivity contribution in [3.63, 3.8) is 0 Å². The maximum Gasteiger partial charge on any atom is 0.236 e. The molecule has 5 heteroatoms. The minimum Gasteiger partial charge on any atom is -0.392 e. The molecule has 0 radical (unpaired) electrons. The van der Waals surface area contributed by atoms with Crippen LogP contribution in [0.1, 0.15) is 18.4 Å². The third kappa shape index (κ3) is 3.80. The fourth-order valence-electron chi connectivity index (χ4n) is 2.23. The molecule has 1 fully saturated rings. The number of nitrogens with zero attached hydrogens (tertiary/aromatic N) is 2. The van der Waals surface area contributed by atoms with Crippen LogP contribution in [0.4, 0.5) is 0 Å². The number of aliphatic hydroxyl groups is 1. The van der Waals surface area contributed by atoms with Crippen molar-refractivity contribution >= 4 is 17.2 Å². The highest BCUT2D eigenvalue weighted by molar-refractivity contribution is 7.07. The van der Waals surface area contributed by atoms with Crippen LogP contribution >= 0.6 is 11.3 Å². The van der Waals surface area contributed by atoms with Gasteiger partial charge in [0.15, 0.2) is 0 Å². The van der Waals surface area contributed by atoms with Crippen molar-refractivity contribution in [2.24, 2.45) is 0 Å². The number of rotatable bonds is 4. The lowest BCUT2D eigenvalue weighted by Gasteiger charge is -2.30. The van der Waals surface area contributed by atoms with Crippen LogP contribution in [0.15, 0.2) is 16.8 Å². The number of hydrogen-bond donors (Lipinski definition) is 1. The van der Waals surface area contributed by atoms with Crippen molar-refractivity contribution in [1.29, 1.82) is 0 Å². The van der Waals surface area contributed by atoms with Crippen LogP contribution in [-0.2, 0) is 11.3 Å². The molecule has 2 heterocycles. The van der Waals surface area contributed by atoms with E-state index in [-0.39, 0.29) is 12.0 Å². The van der Waals surface area contributed by atoms with Gasteiger partial charge in [-0.25, -0.2) is 0 Å². The summed E-state index contributed by atoms with van der Waals surface area (Å²) in [6.07, 6.45) is 1.56. The van der Waals surface area contributed by atoms with E-state index in [9.17, 15) is 9.90 Å². The highest BCUT2D eigenvalue weighted by atomic mass is 32.1. The molecule has 0 spiro atoms. The zero-order valence-electron chi connectivity index (χ0n) is 10.7. The molecule has 1 aliphatic heterocycles. The van der Waals surface area contributed by atoms with Gasteiger partial charge in [-0.05, 0) is 41.8 Å². The van der Waals surface area contributed by atoms with Gasteiger partial charge in [-0.2, -0.15) is 11.3 Å². The number of hydrogen-bond acceptors (Lipinski definition) is 4. The number of carbonyl (C=O) groups is 1. The molecule has 1 aromatic heterocycles.